The summed E-state index contributed by atoms with van der Waals surface area (Å²) in [6, 6.07) is 5.44. The van der Waals surface area contributed by atoms with Gasteiger partial charge in [0, 0.05) is 23.7 Å². The molecular formula is C12H12Cl2OS2. The molecule has 1 aromatic carbocycles. The minimum absolute atomic E-state index is 0.115. The minimum atomic E-state index is 0.115. The van der Waals surface area contributed by atoms with Crippen LogP contribution in [0.4, 0.5) is 0 Å². The average molecular weight is 307 g/mol. The number of carbonyl (C=O) groups excluding carboxylic acids is 1. The highest BCUT2D eigenvalue weighted by atomic mass is 35.5. The Kier molecular flexibility index (Phi) is 5.10. The Labute approximate surface area is 120 Å². The van der Waals surface area contributed by atoms with Gasteiger partial charge in [0.25, 0.3) is 0 Å². The van der Waals surface area contributed by atoms with E-state index in [1.165, 1.54) is 0 Å². The lowest BCUT2D eigenvalue weighted by atomic mass is 10.1. The Bertz CT molecular complexity index is 417. The Hall–Kier alpha value is 0.170. The van der Waals surface area contributed by atoms with E-state index in [4.69, 9.17) is 23.2 Å². The SMILES string of the molecule is O=C(Cc1cccc(Cl)c1Cl)C1CSCCS1. The lowest BCUT2D eigenvalue weighted by Crippen LogP contribution is -2.25. The standard InChI is InChI=1S/C12H12Cl2OS2/c13-9-3-1-2-8(12(9)14)6-10(15)11-7-16-4-5-17-11/h1-3,11H,4-7H2. The van der Waals surface area contributed by atoms with Crippen molar-refractivity contribution in [1.29, 1.82) is 0 Å². The van der Waals surface area contributed by atoms with E-state index in [1.54, 1.807) is 17.8 Å². The molecule has 1 saturated heterocycles. The molecule has 1 atom stereocenters. The van der Waals surface area contributed by atoms with E-state index in [2.05, 4.69) is 0 Å². The van der Waals surface area contributed by atoms with Gasteiger partial charge < -0.3 is 0 Å². The normalized spacial score (nSPS) is 20.2. The predicted molar refractivity (Wildman–Crippen MR) is 78.7 cm³/mol. The Morgan fingerprint density at radius 1 is 1.35 bits per heavy atom. The molecule has 1 unspecified atom stereocenters. The van der Waals surface area contributed by atoms with Crippen molar-refractivity contribution in [2.75, 3.05) is 17.3 Å². The summed E-state index contributed by atoms with van der Waals surface area (Å²) in [5.41, 5.74) is 0.834. The highest BCUT2D eigenvalue weighted by Crippen LogP contribution is 2.29. The van der Waals surface area contributed by atoms with Gasteiger partial charge in [0.1, 0.15) is 0 Å². The topological polar surface area (TPSA) is 17.1 Å². The Morgan fingerprint density at radius 3 is 2.88 bits per heavy atom. The van der Waals surface area contributed by atoms with Gasteiger partial charge in [-0.1, -0.05) is 35.3 Å². The summed E-state index contributed by atoms with van der Waals surface area (Å²) < 4.78 is 0. The second-order valence-electron chi connectivity index (χ2n) is 3.79. The number of halogens is 2. The molecule has 0 aliphatic carbocycles. The molecule has 0 spiro atoms. The molecule has 1 aromatic rings. The molecule has 5 heteroatoms. The zero-order valence-corrected chi connectivity index (χ0v) is 12.3. The molecule has 0 amide bonds. The molecule has 17 heavy (non-hydrogen) atoms. The number of Topliss-reactive ketones (excluding diaryl/α,β-unsaturated/α-hetero) is 1. The molecule has 1 heterocycles. The van der Waals surface area contributed by atoms with Crippen molar-refractivity contribution in [2.24, 2.45) is 0 Å². The first-order valence-electron chi connectivity index (χ1n) is 5.33. The van der Waals surface area contributed by atoms with Gasteiger partial charge in [-0.3, -0.25) is 4.79 Å². The first kappa shape index (κ1) is 13.6. The molecular weight excluding hydrogens is 295 g/mol. The van der Waals surface area contributed by atoms with Gasteiger partial charge in [0.2, 0.25) is 0 Å². The van der Waals surface area contributed by atoms with Crippen molar-refractivity contribution in [3.05, 3.63) is 33.8 Å². The number of rotatable bonds is 3. The third kappa shape index (κ3) is 3.57. The van der Waals surface area contributed by atoms with E-state index in [-0.39, 0.29) is 11.0 Å². The van der Waals surface area contributed by atoms with Crippen LogP contribution in [-0.2, 0) is 11.2 Å². The lowest BCUT2D eigenvalue weighted by molar-refractivity contribution is -0.117. The second kappa shape index (κ2) is 6.37. The van der Waals surface area contributed by atoms with Gasteiger partial charge in [-0.15, -0.1) is 11.8 Å². The Morgan fingerprint density at radius 2 is 2.18 bits per heavy atom. The monoisotopic (exact) mass is 306 g/mol. The van der Waals surface area contributed by atoms with Crippen molar-refractivity contribution in [3.63, 3.8) is 0 Å². The van der Waals surface area contributed by atoms with E-state index in [0.717, 1.165) is 22.8 Å². The van der Waals surface area contributed by atoms with Gasteiger partial charge in [0.05, 0.1) is 15.3 Å². The van der Waals surface area contributed by atoms with Crippen molar-refractivity contribution >= 4 is 52.5 Å². The number of hydrogen-bond donors (Lipinski definition) is 0. The van der Waals surface area contributed by atoms with Crippen LogP contribution in [0.5, 0.6) is 0 Å². The molecule has 1 aliphatic heterocycles. The zero-order valence-electron chi connectivity index (χ0n) is 9.12. The van der Waals surface area contributed by atoms with Crippen molar-refractivity contribution in [3.8, 4) is 0 Å². The smallest absolute Gasteiger partial charge is 0.151 e. The number of hydrogen-bond acceptors (Lipinski definition) is 3. The maximum atomic E-state index is 12.1. The van der Waals surface area contributed by atoms with Gasteiger partial charge in [0.15, 0.2) is 5.78 Å². The minimum Gasteiger partial charge on any atom is -0.298 e. The van der Waals surface area contributed by atoms with Gasteiger partial charge in [-0.05, 0) is 11.6 Å². The molecule has 1 fully saturated rings. The van der Waals surface area contributed by atoms with Crippen LogP contribution in [0.15, 0.2) is 18.2 Å². The summed E-state index contributed by atoms with van der Waals surface area (Å²) in [7, 11) is 0. The summed E-state index contributed by atoms with van der Waals surface area (Å²) in [6.45, 7) is 0. The lowest BCUT2D eigenvalue weighted by Gasteiger charge is -2.19. The number of carbonyl (C=O) groups is 1. The summed E-state index contributed by atoms with van der Waals surface area (Å²) in [5, 5.41) is 1.14. The maximum Gasteiger partial charge on any atom is 0.151 e. The first-order chi connectivity index (χ1) is 8.18. The molecule has 1 nitrogen and oxygen atoms in total. The highest BCUT2D eigenvalue weighted by molar-refractivity contribution is 8.07. The van der Waals surface area contributed by atoms with Crippen molar-refractivity contribution in [2.45, 2.75) is 11.7 Å². The third-order valence-corrected chi connectivity index (χ3v) is 6.23. The van der Waals surface area contributed by atoms with Crippen molar-refractivity contribution < 1.29 is 4.79 Å². The first-order valence-corrected chi connectivity index (χ1v) is 8.29. The number of ketones is 1. The quantitative estimate of drug-likeness (QED) is 0.841. The molecule has 0 saturated carbocycles. The van der Waals surface area contributed by atoms with Crippen LogP contribution in [0.25, 0.3) is 0 Å². The largest absolute Gasteiger partial charge is 0.298 e. The average Bonchev–Trinajstić information content (AvgIpc) is 2.36. The van der Waals surface area contributed by atoms with Gasteiger partial charge in [-0.2, -0.15) is 11.8 Å². The fraction of sp³-hybridized carbons (Fsp3) is 0.417. The summed E-state index contributed by atoms with van der Waals surface area (Å²) in [4.78, 5) is 12.1. The molecule has 0 radical (unpaired) electrons. The fourth-order valence-corrected chi connectivity index (χ4v) is 4.70. The van der Waals surface area contributed by atoms with Crippen LogP contribution >= 0.6 is 46.7 Å². The van der Waals surface area contributed by atoms with E-state index in [9.17, 15) is 4.79 Å². The molecule has 0 N–H and O–H groups in total. The van der Waals surface area contributed by atoms with Crippen LogP contribution in [0.2, 0.25) is 10.0 Å². The van der Waals surface area contributed by atoms with Crippen LogP contribution in [0.1, 0.15) is 5.56 Å². The van der Waals surface area contributed by atoms with Crippen LogP contribution < -0.4 is 0 Å². The van der Waals surface area contributed by atoms with Crippen LogP contribution in [0.3, 0.4) is 0 Å². The summed E-state index contributed by atoms with van der Waals surface area (Å²) >= 11 is 15.6. The van der Waals surface area contributed by atoms with E-state index in [0.29, 0.717) is 16.5 Å². The van der Waals surface area contributed by atoms with E-state index < -0.39 is 0 Å². The number of benzene rings is 1. The van der Waals surface area contributed by atoms with Crippen LogP contribution in [-0.4, -0.2) is 28.3 Å². The van der Waals surface area contributed by atoms with Crippen molar-refractivity contribution in [1.82, 2.24) is 0 Å². The molecule has 0 bridgehead atoms. The fourth-order valence-electron chi connectivity index (χ4n) is 1.66. The van der Waals surface area contributed by atoms with Gasteiger partial charge in [-0.25, -0.2) is 0 Å². The molecule has 1 aliphatic rings. The summed E-state index contributed by atoms with van der Waals surface area (Å²) in [5.74, 6) is 3.38. The van der Waals surface area contributed by atoms with Crippen LogP contribution in [0, 0.1) is 0 Å². The molecule has 2 rings (SSSR count). The third-order valence-electron chi connectivity index (χ3n) is 2.57. The van der Waals surface area contributed by atoms with E-state index >= 15 is 0 Å². The second-order valence-corrected chi connectivity index (χ2v) is 7.04. The zero-order chi connectivity index (χ0) is 12.3. The molecule has 92 valence electrons. The molecule has 0 aromatic heterocycles. The maximum absolute atomic E-state index is 12.1. The van der Waals surface area contributed by atoms with E-state index in [1.807, 2.05) is 23.9 Å². The Balaban J connectivity index is 2.04. The van der Waals surface area contributed by atoms with Gasteiger partial charge >= 0.3 is 0 Å². The highest BCUT2D eigenvalue weighted by Gasteiger charge is 2.22. The number of thioether (sulfide) groups is 2. The summed E-state index contributed by atoms with van der Waals surface area (Å²) in [6.07, 6.45) is 0.387. The predicted octanol–water partition coefficient (Wildman–Crippen LogP) is 3.95.